The molecular formula is C13H21N3O2S. The summed E-state index contributed by atoms with van der Waals surface area (Å²) in [5, 5.41) is 5.86. The highest BCUT2D eigenvalue weighted by Gasteiger charge is 2.44. The van der Waals surface area contributed by atoms with E-state index in [4.69, 9.17) is 15.2 Å². The van der Waals surface area contributed by atoms with Gasteiger partial charge in [-0.3, -0.25) is 4.68 Å². The van der Waals surface area contributed by atoms with Crippen LogP contribution < -0.4 is 5.73 Å². The van der Waals surface area contributed by atoms with E-state index in [1.165, 1.54) is 0 Å². The summed E-state index contributed by atoms with van der Waals surface area (Å²) < 4.78 is 13.6. The highest BCUT2D eigenvalue weighted by molar-refractivity contribution is 7.99. The second-order valence-electron chi connectivity index (χ2n) is 5.42. The normalized spacial score (nSPS) is 30.1. The Morgan fingerprint density at radius 1 is 1.47 bits per heavy atom. The van der Waals surface area contributed by atoms with Gasteiger partial charge in [0.15, 0.2) is 5.79 Å². The molecule has 2 aliphatic rings. The van der Waals surface area contributed by atoms with E-state index in [9.17, 15) is 0 Å². The quantitative estimate of drug-likeness (QED) is 0.890. The molecule has 2 heterocycles. The molecule has 2 N–H and O–H groups in total. The maximum absolute atomic E-state index is 6.27. The van der Waals surface area contributed by atoms with Gasteiger partial charge < -0.3 is 15.2 Å². The number of ether oxygens (including phenoxy) is 2. The Morgan fingerprint density at radius 3 is 2.84 bits per heavy atom. The fourth-order valence-electron chi connectivity index (χ4n) is 2.87. The van der Waals surface area contributed by atoms with E-state index in [0.717, 1.165) is 30.0 Å². The van der Waals surface area contributed by atoms with E-state index in [1.54, 1.807) is 11.8 Å². The van der Waals surface area contributed by atoms with E-state index in [1.807, 2.05) is 18.7 Å². The summed E-state index contributed by atoms with van der Waals surface area (Å²) in [7, 11) is 1.97. The molecule has 1 spiro atoms. The highest BCUT2D eigenvalue weighted by atomic mass is 32.2. The van der Waals surface area contributed by atoms with Crippen molar-refractivity contribution in [3.63, 3.8) is 0 Å². The summed E-state index contributed by atoms with van der Waals surface area (Å²) in [5.74, 6) is -0.374. The summed E-state index contributed by atoms with van der Waals surface area (Å²) in [5.41, 5.74) is 7.31. The first-order valence-electron chi connectivity index (χ1n) is 6.79. The smallest absolute Gasteiger partial charge is 0.169 e. The molecule has 0 radical (unpaired) electrons. The Morgan fingerprint density at radius 2 is 2.21 bits per heavy atom. The molecule has 2 fully saturated rings. The van der Waals surface area contributed by atoms with Crippen molar-refractivity contribution in [2.45, 2.75) is 48.3 Å². The lowest BCUT2D eigenvalue weighted by Gasteiger charge is -2.39. The molecule has 0 amide bonds. The third kappa shape index (κ3) is 2.67. The first kappa shape index (κ1) is 13.4. The van der Waals surface area contributed by atoms with E-state index < -0.39 is 0 Å². The summed E-state index contributed by atoms with van der Waals surface area (Å²) in [6.45, 7) is 3.42. The number of aryl methyl sites for hydroxylation is 2. The molecule has 1 aromatic heterocycles. The van der Waals surface area contributed by atoms with Gasteiger partial charge in [-0.15, -0.1) is 11.8 Å². The molecule has 1 aliphatic carbocycles. The zero-order valence-corrected chi connectivity index (χ0v) is 12.3. The minimum absolute atomic E-state index is 0.193. The number of nitrogens with two attached hydrogens (primary N) is 1. The van der Waals surface area contributed by atoms with Gasteiger partial charge in [-0.25, -0.2) is 0 Å². The largest absolute Gasteiger partial charge is 0.347 e. The molecule has 0 bridgehead atoms. The van der Waals surface area contributed by atoms with Crippen LogP contribution in [0.5, 0.6) is 0 Å². The van der Waals surface area contributed by atoms with Crippen molar-refractivity contribution in [2.24, 2.45) is 12.8 Å². The van der Waals surface area contributed by atoms with E-state index in [-0.39, 0.29) is 11.8 Å². The molecule has 19 heavy (non-hydrogen) atoms. The van der Waals surface area contributed by atoms with Crippen molar-refractivity contribution in [3.05, 3.63) is 11.8 Å². The van der Waals surface area contributed by atoms with Gasteiger partial charge in [0, 0.05) is 31.2 Å². The van der Waals surface area contributed by atoms with Gasteiger partial charge >= 0.3 is 0 Å². The Kier molecular flexibility index (Phi) is 3.59. The second-order valence-corrected chi connectivity index (χ2v) is 6.68. The van der Waals surface area contributed by atoms with Gasteiger partial charge in [0.05, 0.1) is 23.9 Å². The van der Waals surface area contributed by atoms with Crippen LogP contribution in [0.3, 0.4) is 0 Å². The third-order valence-corrected chi connectivity index (χ3v) is 5.34. The van der Waals surface area contributed by atoms with Crippen molar-refractivity contribution in [1.29, 1.82) is 0 Å². The van der Waals surface area contributed by atoms with Crippen LogP contribution in [0.1, 0.15) is 25.0 Å². The Labute approximate surface area is 117 Å². The number of thioether (sulfide) groups is 1. The number of hydrogen-bond donors (Lipinski definition) is 1. The first-order valence-corrected chi connectivity index (χ1v) is 7.67. The molecular weight excluding hydrogens is 262 g/mol. The summed E-state index contributed by atoms with van der Waals surface area (Å²) >= 11 is 1.80. The summed E-state index contributed by atoms with van der Waals surface area (Å²) in [6, 6.07) is 2.30. The zero-order valence-electron chi connectivity index (χ0n) is 11.5. The topological polar surface area (TPSA) is 62.3 Å². The number of aromatic nitrogens is 2. The first-order chi connectivity index (χ1) is 9.08. The highest BCUT2D eigenvalue weighted by Crippen LogP contribution is 2.41. The lowest BCUT2D eigenvalue weighted by atomic mass is 9.90. The SMILES string of the molecule is Cc1cc(SC2CC3(CCC2N)OCCO3)n(C)n1. The van der Waals surface area contributed by atoms with Crippen LogP contribution in [0.15, 0.2) is 11.1 Å². The lowest BCUT2D eigenvalue weighted by molar-refractivity contribution is -0.176. The lowest BCUT2D eigenvalue weighted by Crippen LogP contribution is -2.47. The maximum atomic E-state index is 6.27. The van der Waals surface area contributed by atoms with Gasteiger partial charge in [-0.1, -0.05) is 0 Å². The van der Waals surface area contributed by atoms with Gasteiger partial charge in [0.2, 0.25) is 0 Å². The standard InChI is InChI=1S/C13H21N3O2S/c1-9-7-12(16(2)15-9)19-11-8-13(4-3-10(11)14)17-5-6-18-13/h7,10-11H,3-6,8,14H2,1-2H3. The molecule has 1 aromatic rings. The minimum atomic E-state index is -0.374. The van der Waals surface area contributed by atoms with Crippen LogP contribution in [0, 0.1) is 6.92 Å². The van der Waals surface area contributed by atoms with Crippen molar-refractivity contribution >= 4 is 11.8 Å². The maximum Gasteiger partial charge on any atom is 0.169 e. The predicted octanol–water partition coefficient (Wildman–Crippen LogP) is 1.44. The van der Waals surface area contributed by atoms with Gasteiger partial charge in [-0.05, 0) is 19.4 Å². The molecule has 5 nitrogen and oxygen atoms in total. The van der Waals surface area contributed by atoms with Gasteiger partial charge in [0.25, 0.3) is 0 Å². The molecule has 106 valence electrons. The number of nitrogens with zero attached hydrogens (tertiary/aromatic N) is 2. The van der Waals surface area contributed by atoms with Crippen LogP contribution in [0.25, 0.3) is 0 Å². The second kappa shape index (κ2) is 5.09. The van der Waals surface area contributed by atoms with Crippen molar-refractivity contribution in [3.8, 4) is 0 Å². The van der Waals surface area contributed by atoms with Crippen molar-refractivity contribution in [1.82, 2.24) is 9.78 Å². The molecule has 6 heteroatoms. The molecule has 1 saturated carbocycles. The fraction of sp³-hybridized carbons (Fsp3) is 0.769. The van der Waals surface area contributed by atoms with E-state index >= 15 is 0 Å². The molecule has 3 rings (SSSR count). The van der Waals surface area contributed by atoms with Crippen molar-refractivity contribution < 1.29 is 9.47 Å². The number of rotatable bonds is 2. The van der Waals surface area contributed by atoms with Gasteiger partial charge in [-0.2, -0.15) is 5.10 Å². The van der Waals surface area contributed by atoms with E-state index in [2.05, 4.69) is 11.2 Å². The molecule has 2 atom stereocenters. The molecule has 2 unspecified atom stereocenters. The molecule has 1 saturated heterocycles. The van der Waals surface area contributed by atoms with Gasteiger partial charge in [0.1, 0.15) is 0 Å². The summed E-state index contributed by atoms with van der Waals surface area (Å²) in [4.78, 5) is 0. The molecule has 1 aliphatic heterocycles. The minimum Gasteiger partial charge on any atom is -0.347 e. The average molecular weight is 283 g/mol. The Balaban J connectivity index is 1.73. The van der Waals surface area contributed by atoms with Crippen LogP contribution in [-0.4, -0.2) is 40.1 Å². The van der Waals surface area contributed by atoms with Crippen LogP contribution in [0.2, 0.25) is 0 Å². The average Bonchev–Trinajstić information content (AvgIpc) is 2.93. The molecule has 0 aromatic carbocycles. The Bertz CT molecular complexity index is 457. The zero-order chi connectivity index (χ0) is 13.5. The third-order valence-electron chi connectivity index (χ3n) is 3.89. The van der Waals surface area contributed by atoms with Crippen molar-refractivity contribution in [2.75, 3.05) is 13.2 Å². The van der Waals surface area contributed by atoms with Crippen LogP contribution in [-0.2, 0) is 16.5 Å². The van der Waals surface area contributed by atoms with Crippen LogP contribution in [0.4, 0.5) is 0 Å². The Hall–Kier alpha value is -0.560. The van der Waals surface area contributed by atoms with E-state index in [0.29, 0.717) is 18.5 Å². The fourth-order valence-corrected chi connectivity index (χ4v) is 4.26. The monoisotopic (exact) mass is 283 g/mol. The number of hydrogen-bond acceptors (Lipinski definition) is 5. The predicted molar refractivity (Wildman–Crippen MR) is 74.1 cm³/mol. The van der Waals surface area contributed by atoms with Crippen LogP contribution >= 0.6 is 11.8 Å². The summed E-state index contributed by atoms with van der Waals surface area (Å²) in [6.07, 6.45) is 2.73.